The van der Waals surface area contributed by atoms with E-state index >= 15 is 0 Å². The van der Waals surface area contributed by atoms with E-state index in [-0.39, 0.29) is 6.61 Å². The van der Waals surface area contributed by atoms with E-state index in [1.165, 1.54) is 52.1 Å². The Bertz CT molecular complexity index is 397. The van der Waals surface area contributed by atoms with Gasteiger partial charge in [0.1, 0.15) is 6.61 Å². The van der Waals surface area contributed by atoms with Crippen LogP contribution in [-0.2, 0) is 42.7 Å². The second-order valence-corrected chi connectivity index (χ2v) is 7.78. The Morgan fingerprint density at radius 3 is 1.15 bits per heavy atom. The molecule has 0 radical (unpaired) electrons. The minimum absolute atomic E-state index is 0.0567. The predicted molar refractivity (Wildman–Crippen MR) is 130 cm³/mol. The molecule has 0 aromatic heterocycles. The number of ether oxygens (including phenoxy) is 8. The number of rotatable bonds is 29. The van der Waals surface area contributed by atoms with Crippen molar-refractivity contribution in [3.05, 3.63) is 0 Å². The zero-order valence-corrected chi connectivity index (χ0v) is 21.7. The van der Waals surface area contributed by atoms with E-state index < -0.39 is 5.97 Å². The first kappa shape index (κ1) is 33.2. The van der Waals surface area contributed by atoms with Crippen molar-refractivity contribution in [3.8, 4) is 0 Å². The highest BCUT2D eigenvalue weighted by molar-refractivity contribution is 5.70. The summed E-state index contributed by atoms with van der Waals surface area (Å²) in [5.74, 6) is -0.396. The van der Waals surface area contributed by atoms with Crippen LogP contribution in [0.15, 0.2) is 0 Å². The van der Waals surface area contributed by atoms with Gasteiger partial charge in [-0.15, -0.1) is 0 Å². The summed E-state index contributed by atoms with van der Waals surface area (Å²) in [6.07, 6.45) is 10.5. The summed E-state index contributed by atoms with van der Waals surface area (Å²) in [7, 11) is 1.32. The molecule has 0 saturated heterocycles. The van der Waals surface area contributed by atoms with Crippen LogP contribution in [0.4, 0.5) is 0 Å². The lowest BCUT2D eigenvalue weighted by molar-refractivity contribution is -0.146. The molecule has 0 unspecified atom stereocenters. The Morgan fingerprint density at radius 2 is 0.765 bits per heavy atom. The first-order valence-corrected chi connectivity index (χ1v) is 12.9. The summed E-state index contributed by atoms with van der Waals surface area (Å²) in [5.41, 5.74) is 0. The van der Waals surface area contributed by atoms with Crippen LogP contribution in [0.1, 0.15) is 58.3 Å². The monoisotopic (exact) mass is 494 g/mol. The smallest absolute Gasteiger partial charge is 0.331 e. The minimum Gasteiger partial charge on any atom is -0.467 e. The van der Waals surface area contributed by atoms with Gasteiger partial charge in [0.25, 0.3) is 0 Å². The van der Waals surface area contributed by atoms with Gasteiger partial charge < -0.3 is 37.9 Å². The van der Waals surface area contributed by atoms with Crippen molar-refractivity contribution in [1.82, 2.24) is 0 Å². The van der Waals surface area contributed by atoms with Crippen LogP contribution in [-0.4, -0.2) is 106 Å². The molecule has 0 saturated carbocycles. The normalized spacial score (nSPS) is 11.2. The van der Waals surface area contributed by atoms with Gasteiger partial charge in [0.15, 0.2) is 0 Å². The maximum atomic E-state index is 10.8. The molecule has 0 fully saturated rings. The van der Waals surface area contributed by atoms with Gasteiger partial charge >= 0.3 is 5.97 Å². The van der Waals surface area contributed by atoms with E-state index in [4.69, 9.17) is 33.2 Å². The highest BCUT2D eigenvalue weighted by atomic mass is 16.6. The average Bonchev–Trinajstić information content (AvgIpc) is 2.85. The van der Waals surface area contributed by atoms with Crippen molar-refractivity contribution in [2.75, 3.05) is 99.6 Å². The van der Waals surface area contributed by atoms with Gasteiger partial charge in [-0.1, -0.05) is 51.9 Å². The van der Waals surface area contributed by atoms with Gasteiger partial charge in [-0.05, 0) is 6.42 Å². The van der Waals surface area contributed by atoms with E-state index in [1.807, 2.05) is 0 Å². The lowest BCUT2D eigenvalue weighted by Crippen LogP contribution is -2.15. The summed E-state index contributed by atoms with van der Waals surface area (Å²) in [5, 5.41) is 0. The second-order valence-electron chi connectivity index (χ2n) is 7.78. The Morgan fingerprint density at radius 1 is 0.441 bits per heavy atom. The fourth-order valence-electron chi connectivity index (χ4n) is 2.87. The SMILES string of the molecule is CCCCCCCCCCOCCOCCOCCOCCOCCOCCOCC(=O)OC. The van der Waals surface area contributed by atoms with Gasteiger partial charge in [0.05, 0.1) is 86.4 Å². The van der Waals surface area contributed by atoms with Gasteiger partial charge in [-0.3, -0.25) is 0 Å². The number of unbranched alkanes of at least 4 members (excludes halogenated alkanes) is 7. The molecule has 9 nitrogen and oxygen atoms in total. The summed E-state index contributed by atoms with van der Waals surface area (Å²) < 4.78 is 42.2. The quantitative estimate of drug-likeness (QED) is 0.115. The first-order chi connectivity index (χ1) is 16.8. The molecule has 0 rings (SSSR count). The Labute approximate surface area is 207 Å². The Balaban J connectivity index is 3.02. The topological polar surface area (TPSA) is 90.9 Å². The maximum absolute atomic E-state index is 10.8. The van der Waals surface area contributed by atoms with Crippen molar-refractivity contribution >= 4 is 5.97 Å². The summed E-state index contributed by atoms with van der Waals surface area (Å²) in [4.78, 5) is 10.8. The number of carbonyl (C=O) groups excluding carboxylic acids is 1. The number of carbonyl (C=O) groups is 1. The molecular weight excluding hydrogens is 444 g/mol. The van der Waals surface area contributed by atoms with Crippen molar-refractivity contribution in [1.29, 1.82) is 0 Å². The predicted octanol–water partition coefficient (Wildman–Crippen LogP) is 3.42. The molecule has 204 valence electrons. The molecule has 0 spiro atoms. The van der Waals surface area contributed by atoms with E-state index in [1.54, 1.807) is 0 Å². The Hall–Kier alpha value is -0.810. The second kappa shape index (κ2) is 30.2. The zero-order chi connectivity index (χ0) is 24.8. The fraction of sp³-hybridized carbons (Fsp3) is 0.960. The molecule has 0 aliphatic heterocycles. The average molecular weight is 495 g/mol. The maximum Gasteiger partial charge on any atom is 0.331 e. The molecule has 0 heterocycles. The third kappa shape index (κ3) is 29.2. The third-order valence-electron chi connectivity index (χ3n) is 4.82. The standard InChI is InChI=1S/C25H50O9/c1-3-4-5-6-7-8-9-10-11-28-12-13-29-14-15-30-16-17-31-18-19-32-20-21-33-22-23-34-24-25(26)27-2/h3-24H2,1-2H3. The minimum atomic E-state index is -0.396. The molecule has 0 N–H and O–H groups in total. The summed E-state index contributed by atoms with van der Waals surface area (Å²) in [6.45, 7) is 9.18. The molecule has 34 heavy (non-hydrogen) atoms. The molecule has 0 aromatic rings. The number of methoxy groups -OCH3 is 1. The largest absolute Gasteiger partial charge is 0.467 e. The van der Waals surface area contributed by atoms with Crippen LogP contribution in [0.3, 0.4) is 0 Å². The molecule has 0 aliphatic rings. The number of hydrogen-bond donors (Lipinski definition) is 0. The van der Waals surface area contributed by atoms with Gasteiger partial charge in [0, 0.05) is 6.61 Å². The van der Waals surface area contributed by atoms with E-state index in [2.05, 4.69) is 11.7 Å². The molecule has 0 bridgehead atoms. The van der Waals surface area contributed by atoms with Crippen LogP contribution in [0.5, 0.6) is 0 Å². The van der Waals surface area contributed by atoms with E-state index in [9.17, 15) is 4.79 Å². The highest BCUT2D eigenvalue weighted by Gasteiger charge is 1.99. The van der Waals surface area contributed by atoms with Gasteiger partial charge in [-0.25, -0.2) is 4.79 Å². The van der Waals surface area contributed by atoms with Crippen LogP contribution in [0, 0.1) is 0 Å². The van der Waals surface area contributed by atoms with Crippen molar-refractivity contribution in [2.24, 2.45) is 0 Å². The Kier molecular flexibility index (Phi) is 29.5. The van der Waals surface area contributed by atoms with Gasteiger partial charge in [0.2, 0.25) is 0 Å². The summed E-state index contributed by atoms with van der Waals surface area (Å²) in [6, 6.07) is 0. The highest BCUT2D eigenvalue weighted by Crippen LogP contribution is 2.08. The number of hydrogen-bond acceptors (Lipinski definition) is 9. The third-order valence-corrected chi connectivity index (χ3v) is 4.82. The molecule has 0 atom stereocenters. The van der Waals surface area contributed by atoms with E-state index in [0.717, 1.165) is 13.0 Å². The molecule has 0 aliphatic carbocycles. The zero-order valence-electron chi connectivity index (χ0n) is 21.7. The van der Waals surface area contributed by atoms with E-state index in [0.29, 0.717) is 79.3 Å². The van der Waals surface area contributed by atoms with Crippen LogP contribution < -0.4 is 0 Å². The molecule has 9 heteroatoms. The lowest BCUT2D eigenvalue weighted by atomic mass is 10.1. The number of esters is 1. The molecule has 0 aromatic carbocycles. The van der Waals surface area contributed by atoms with Crippen molar-refractivity contribution in [2.45, 2.75) is 58.3 Å². The first-order valence-electron chi connectivity index (χ1n) is 12.9. The van der Waals surface area contributed by atoms with Crippen LogP contribution in [0.25, 0.3) is 0 Å². The fourth-order valence-corrected chi connectivity index (χ4v) is 2.87. The van der Waals surface area contributed by atoms with Crippen molar-refractivity contribution in [3.63, 3.8) is 0 Å². The lowest BCUT2D eigenvalue weighted by Gasteiger charge is -2.08. The van der Waals surface area contributed by atoms with Crippen molar-refractivity contribution < 1.29 is 42.7 Å². The van der Waals surface area contributed by atoms with Gasteiger partial charge in [-0.2, -0.15) is 0 Å². The molecular formula is C25H50O9. The molecule has 0 amide bonds. The van der Waals surface area contributed by atoms with Crippen LogP contribution >= 0.6 is 0 Å². The van der Waals surface area contributed by atoms with Crippen LogP contribution in [0.2, 0.25) is 0 Å². The summed E-state index contributed by atoms with van der Waals surface area (Å²) >= 11 is 0.